The molecule has 1 aliphatic rings. The molecule has 3 N–H and O–H groups in total. The summed E-state index contributed by atoms with van der Waals surface area (Å²) in [7, 11) is 1.66. The van der Waals surface area contributed by atoms with Crippen molar-refractivity contribution < 1.29 is 9.53 Å². The van der Waals surface area contributed by atoms with E-state index in [2.05, 4.69) is 10.3 Å². The Balaban J connectivity index is 2.03. The molecule has 0 saturated carbocycles. The lowest BCUT2D eigenvalue weighted by atomic mass is 10.2. The average molecular weight is 250 g/mol. The summed E-state index contributed by atoms with van der Waals surface area (Å²) < 4.78 is 5.34. The Hall–Kier alpha value is -1.95. The maximum atomic E-state index is 11.4. The number of nitrogens with two attached hydrogens (primary N) is 1. The highest BCUT2D eigenvalue weighted by atomic mass is 16.5. The number of methoxy groups -OCH3 is 1. The van der Waals surface area contributed by atoms with Crippen LogP contribution in [0.2, 0.25) is 0 Å². The molecule has 6 heteroatoms. The Kier molecular flexibility index (Phi) is 3.88. The first-order valence-corrected chi connectivity index (χ1v) is 5.89. The van der Waals surface area contributed by atoms with E-state index in [-0.39, 0.29) is 6.03 Å². The SMILES string of the molecule is COc1ccccc1N1CCN(C(=O)NN)CC1. The fraction of sp³-hybridized carbons (Fsp3) is 0.417. The zero-order chi connectivity index (χ0) is 13.0. The van der Waals surface area contributed by atoms with Gasteiger partial charge in [-0.2, -0.15) is 0 Å². The van der Waals surface area contributed by atoms with Crippen LogP contribution in [-0.4, -0.2) is 44.2 Å². The van der Waals surface area contributed by atoms with Crippen LogP contribution in [-0.2, 0) is 0 Å². The van der Waals surface area contributed by atoms with E-state index in [1.807, 2.05) is 24.3 Å². The smallest absolute Gasteiger partial charge is 0.331 e. The van der Waals surface area contributed by atoms with Crippen molar-refractivity contribution in [1.29, 1.82) is 0 Å². The van der Waals surface area contributed by atoms with Crippen LogP contribution >= 0.6 is 0 Å². The lowest BCUT2D eigenvalue weighted by Gasteiger charge is -2.36. The monoisotopic (exact) mass is 250 g/mol. The van der Waals surface area contributed by atoms with Crippen molar-refractivity contribution in [3.8, 4) is 5.75 Å². The van der Waals surface area contributed by atoms with Crippen molar-refractivity contribution in [1.82, 2.24) is 10.3 Å². The normalized spacial score (nSPS) is 15.4. The van der Waals surface area contributed by atoms with Gasteiger partial charge in [-0.3, -0.25) is 5.43 Å². The van der Waals surface area contributed by atoms with Crippen LogP contribution in [0.25, 0.3) is 0 Å². The van der Waals surface area contributed by atoms with E-state index in [4.69, 9.17) is 10.6 Å². The van der Waals surface area contributed by atoms with Gasteiger partial charge in [0.1, 0.15) is 5.75 Å². The molecule has 0 aliphatic carbocycles. The van der Waals surface area contributed by atoms with Gasteiger partial charge in [-0.25, -0.2) is 10.6 Å². The van der Waals surface area contributed by atoms with Crippen LogP contribution in [0.4, 0.5) is 10.5 Å². The van der Waals surface area contributed by atoms with Crippen LogP contribution in [0.5, 0.6) is 5.75 Å². The van der Waals surface area contributed by atoms with E-state index in [1.165, 1.54) is 0 Å². The fourth-order valence-electron chi connectivity index (χ4n) is 2.13. The molecule has 1 aromatic carbocycles. The molecule has 6 nitrogen and oxygen atoms in total. The minimum atomic E-state index is -0.227. The number of carbonyl (C=O) groups is 1. The number of amides is 2. The number of anilines is 1. The van der Waals surface area contributed by atoms with E-state index >= 15 is 0 Å². The van der Waals surface area contributed by atoms with E-state index < -0.39 is 0 Å². The lowest BCUT2D eigenvalue weighted by Crippen LogP contribution is -2.53. The number of nitrogens with one attached hydrogen (secondary N) is 1. The zero-order valence-electron chi connectivity index (χ0n) is 10.4. The van der Waals surface area contributed by atoms with E-state index in [9.17, 15) is 4.79 Å². The van der Waals surface area contributed by atoms with Crippen LogP contribution in [0, 0.1) is 0 Å². The van der Waals surface area contributed by atoms with Crippen LogP contribution in [0.15, 0.2) is 24.3 Å². The minimum absolute atomic E-state index is 0.227. The Morgan fingerprint density at radius 1 is 1.28 bits per heavy atom. The lowest BCUT2D eigenvalue weighted by molar-refractivity contribution is 0.194. The molecule has 1 fully saturated rings. The second-order valence-corrected chi connectivity index (χ2v) is 4.10. The van der Waals surface area contributed by atoms with E-state index in [1.54, 1.807) is 12.0 Å². The summed E-state index contributed by atoms with van der Waals surface area (Å²) in [6, 6.07) is 7.66. The second-order valence-electron chi connectivity index (χ2n) is 4.10. The molecule has 0 atom stereocenters. The van der Waals surface area contributed by atoms with Gasteiger partial charge in [-0.05, 0) is 12.1 Å². The van der Waals surface area contributed by atoms with Crippen molar-refractivity contribution in [2.24, 2.45) is 5.84 Å². The maximum Gasteiger partial charge on any atom is 0.331 e. The largest absolute Gasteiger partial charge is 0.495 e. The van der Waals surface area contributed by atoms with Gasteiger partial charge in [0.05, 0.1) is 12.8 Å². The number of piperazine rings is 1. The first kappa shape index (κ1) is 12.5. The molecule has 1 heterocycles. The summed E-state index contributed by atoms with van der Waals surface area (Å²) in [5.41, 5.74) is 3.22. The first-order chi connectivity index (χ1) is 8.76. The number of nitrogens with zero attached hydrogens (tertiary/aromatic N) is 2. The van der Waals surface area contributed by atoms with Gasteiger partial charge in [0.2, 0.25) is 0 Å². The summed E-state index contributed by atoms with van der Waals surface area (Å²) in [6.07, 6.45) is 0. The predicted octanol–water partition coefficient (Wildman–Crippen LogP) is 0.400. The number of para-hydroxylation sites is 2. The summed E-state index contributed by atoms with van der Waals surface area (Å²) in [6.45, 7) is 2.85. The van der Waals surface area contributed by atoms with Crippen molar-refractivity contribution in [2.45, 2.75) is 0 Å². The molecule has 18 heavy (non-hydrogen) atoms. The molecule has 0 radical (unpaired) electrons. The molecule has 0 spiro atoms. The quantitative estimate of drug-likeness (QED) is 0.453. The van der Waals surface area contributed by atoms with Crippen molar-refractivity contribution in [3.63, 3.8) is 0 Å². The first-order valence-electron chi connectivity index (χ1n) is 5.89. The summed E-state index contributed by atoms with van der Waals surface area (Å²) in [5.74, 6) is 5.98. The third-order valence-electron chi connectivity index (χ3n) is 3.12. The highest BCUT2D eigenvalue weighted by molar-refractivity contribution is 5.74. The zero-order valence-corrected chi connectivity index (χ0v) is 10.4. The maximum absolute atomic E-state index is 11.4. The van der Waals surface area contributed by atoms with Gasteiger partial charge in [0.25, 0.3) is 0 Å². The Bertz CT molecular complexity index is 416. The van der Waals surface area contributed by atoms with Crippen molar-refractivity contribution in [3.05, 3.63) is 24.3 Å². The molecule has 0 aromatic heterocycles. The number of carbonyl (C=O) groups excluding carboxylic acids is 1. The topological polar surface area (TPSA) is 70.8 Å². The van der Waals surface area contributed by atoms with Gasteiger partial charge < -0.3 is 14.5 Å². The number of benzene rings is 1. The van der Waals surface area contributed by atoms with Crippen LogP contribution < -0.4 is 20.9 Å². The van der Waals surface area contributed by atoms with Gasteiger partial charge in [0, 0.05) is 26.2 Å². The molecule has 2 rings (SSSR count). The third-order valence-corrected chi connectivity index (χ3v) is 3.12. The summed E-state index contributed by atoms with van der Waals surface area (Å²) >= 11 is 0. The highest BCUT2D eigenvalue weighted by Crippen LogP contribution is 2.28. The average Bonchev–Trinajstić information content (AvgIpc) is 2.46. The Morgan fingerprint density at radius 3 is 2.56 bits per heavy atom. The van der Waals surface area contributed by atoms with E-state index in [0.717, 1.165) is 24.5 Å². The minimum Gasteiger partial charge on any atom is -0.495 e. The van der Waals surface area contributed by atoms with Gasteiger partial charge in [-0.1, -0.05) is 12.1 Å². The van der Waals surface area contributed by atoms with Gasteiger partial charge in [0.15, 0.2) is 0 Å². The van der Waals surface area contributed by atoms with Gasteiger partial charge >= 0.3 is 6.03 Å². The number of urea groups is 1. The molecular weight excluding hydrogens is 232 g/mol. The molecule has 0 unspecified atom stereocenters. The van der Waals surface area contributed by atoms with Crippen molar-refractivity contribution >= 4 is 11.7 Å². The molecular formula is C12H18N4O2. The van der Waals surface area contributed by atoms with E-state index in [0.29, 0.717) is 13.1 Å². The summed E-state index contributed by atoms with van der Waals surface area (Å²) in [4.78, 5) is 15.3. The molecule has 2 amide bonds. The van der Waals surface area contributed by atoms with Crippen LogP contribution in [0.1, 0.15) is 0 Å². The molecule has 1 saturated heterocycles. The molecule has 0 bridgehead atoms. The van der Waals surface area contributed by atoms with Gasteiger partial charge in [-0.15, -0.1) is 0 Å². The third kappa shape index (κ3) is 2.48. The Morgan fingerprint density at radius 2 is 1.94 bits per heavy atom. The molecule has 1 aliphatic heterocycles. The van der Waals surface area contributed by atoms with Crippen molar-refractivity contribution in [2.75, 3.05) is 38.2 Å². The number of ether oxygens (including phenoxy) is 1. The second kappa shape index (κ2) is 5.59. The number of rotatable bonds is 2. The standard InChI is InChI=1S/C12H18N4O2/c1-18-11-5-3-2-4-10(11)15-6-8-16(9-7-15)12(17)14-13/h2-5H,6-9,13H2,1H3,(H,14,17). The number of hydrogen-bond donors (Lipinski definition) is 2. The predicted molar refractivity (Wildman–Crippen MR) is 69.5 cm³/mol. The molecule has 1 aromatic rings. The molecule has 98 valence electrons. The highest BCUT2D eigenvalue weighted by Gasteiger charge is 2.21. The number of hydrazine groups is 1. The Labute approximate surface area is 106 Å². The van der Waals surface area contributed by atoms with Crippen LogP contribution in [0.3, 0.4) is 0 Å². The summed E-state index contributed by atoms with van der Waals surface area (Å²) in [5, 5.41) is 0. The fourth-order valence-corrected chi connectivity index (χ4v) is 2.13. The number of hydrogen-bond acceptors (Lipinski definition) is 4.